The van der Waals surface area contributed by atoms with Gasteiger partial charge in [0.25, 0.3) is 0 Å². The Morgan fingerprint density at radius 2 is 2.00 bits per heavy atom. The van der Waals surface area contributed by atoms with Crippen LogP contribution in [0.25, 0.3) is 0 Å². The normalized spacial score (nSPS) is 13.4. The molecule has 0 spiro atoms. The molecular weight excluding hydrogens is 180 g/mol. The molecule has 0 aromatic carbocycles. The summed E-state index contributed by atoms with van der Waals surface area (Å²) >= 11 is 0. The maximum atomic E-state index is 11.4. The van der Waals surface area contributed by atoms with Crippen molar-refractivity contribution < 1.29 is 4.79 Å². The summed E-state index contributed by atoms with van der Waals surface area (Å²) in [5.74, 6) is -0.118. The molecule has 0 aliphatic heterocycles. The Morgan fingerprint density at radius 3 is 2.29 bits per heavy atom. The van der Waals surface area contributed by atoms with E-state index in [-0.39, 0.29) is 23.2 Å². The lowest BCUT2D eigenvalue weighted by molar-refractivity contribution is -0.122. The fourth-order valence-electron chi connectivity index (χ4n) is 1.24. The molecule has 0 aliphatic rings. The number of nitrogens with zero attached hydrogens (tertiary/aromatic N) is 1. The average molecular weight is 200 g/mol. The molecule has 14 heavy (non-hydrogen) atoms. The molecule has 0 bridgehead atoms. The monoisotopic (exact) mass is 200 g/mol. The van der Waals surface area contributed by atoms with Crippen LogP contribution in [0.15, 0.2) is 4.99 Å². The van der Waals surface area contributed by atoms with Gasteiger partial charge in [-0.25, -0.2) is 0 Å². The minimum Gasteiger partial charge on any atom is -0.370 e. The number of nitrogens with two attached hydrogens (primary N) is 2. The zero-order valence-corrected chi connectivity index (χ0v) is 9.29. The van der Waals surface area contributed by atoms with Crippen LogP contribution >= 0.6 is 0 Å². The lowest BCUT2D eigenvalue weighted by Gasteiger charge is -2.31. The highest BCUT2D eigenvalue weighted by molar-refractivity contribution is 5.81. The number of nitrogens with one attached hydrogen (secondary N) is 1. The first-order valence-electron chi connectivity index (χ1n) is 4.56. The summed E-state index contributed by atoms with van der Waals surface area (Å²) in [4.78, 5) is 15.2. The minimum absolute atomic E-state index is 0.0168. The molecule has 0 rings (SSSR count). The van der Waals surface area contributed by atoms with Crippen LogP contribution in [0.3, 0.4) is 0 Å². The molecule has 0 aromatic heterocycles. The Kier molecular flexibility index (Phi) is 4.56. The number of rotatable bonds is 5. The Hall–Kier alpha value is -1.10. The van der Waals surface area contributed by atoms with Gasteiger partial charge in [-0.05, 0) is 27.8 Å². The first-order chi connectivity index (χ1) is 6.31. The van der Waals surface area contributed by atoms with Crippen LogP contribution in [0.4, 0.5) is 0 Å². The number of Topliss-reactive ketones (excluding diaryl/α,β-unsaturated/α-hetero) is 1. The third-order valence-corrected chi connectivity index (χ3v) is 2.46. The van der Waals surface area contributed by atoms with Gasteiger partial charge in [0.2, 0.25) is 0 Å². The van der Waals surface area contributed by atoms with Gasteiger partial charge in [0, 0.05) is 5.54 Å². The Labute approximate surface area is 84.9 Å². The second-order valence-electron chi connectivity index (χ2n) is 3.90. The number of carbonyl (C=O) groups excluding carboxylic acids is 1. The molecule has 1 atom stereocenters. The van der Waals surface area contributed by atoms with Crippen molar-refractivity contribution in [3.63, 3.8) is 0 Å². The lowest BCUT2D eigenvalue weighted by Crippen LogP contribution is -2.48. The molecule has 0 saturated carbocycles. The molecule has 0 heterocycles. The van der Waals surface area contributed by atoms with E-state index in [4.69, 9.17) is 11.5 Å². The highest BCUT2D eigenvalue weighted by Gasteiger charge is 2.31. The van der Waals surface area contributed by atoms with Crippen LogP contribution in [0.2, 0.25) is 0 Å². The van der Waals surface area contributed by atoms with Crippen LogP contribution in [-0.4, -0.2) is 30.9 Å². The van der Waals surface area contributed by atoms with Gasteiger partial charge in [-0.3, -0.25) is 9.79 Å². The molecule has 82 valence electrons. The first-order valence-corrected chi connectivity index (χ1v) is 4.56. The Balaban J connectivity index is 4.62. The van der Waals surface area contributed by atoms with E-state index in [9.17, 15) is 4.79 Å². The molecule has 0 saturated heterocycles. The zero-order chi connectivity index (χ0) is 11.4. The highest BCUT2D eigenvalue weighted by Crippen LogP contribution is 2.17. The topological polar surface area (TPSA) is 93.5 Å². The van der Waals surface area contributed by atoms with Crippen LogP contribution in [-0.2, 0) is 4.79 Å². The van der Waals surface area contributed by atoms with Crippen molar-refractivity contribution in [2.24, 2.45) is 22.4 Å². The maximum Gasteiger partial charge on any atom is 0.185 e. The second kappa shape index (κ2) is 4.95. The van der Waals surface area contributed by atoms with Gasteiger partial charge in [0.05, 0.1) is 12.5 Å². The van der Waals surface area contributed by atoms with Crippen molar-refractivity contribution in [3.8, 4) is 0 Å². The van der Waals surface area contributed by atoms with Crippen molar-refractivity contribution in [2.45, 2.75) is 26.3 Å². The zero-order valence-electron chi connectivity index (χ0n) is 9.29. The number of carbonyl (C=O) groups is 1. The third-order valence-electron chi connectivity index (χ3n) is 2.46. The van der Waals surface area contributed by atoms with Crippen molar-refractivity contribution in [3.05, 3.63) is 0 Å². The fraction of sp³-hybridized carbons (Fsp3) is 0.778. The lowest BCUT2D eigenvalue weighted by atomic mass is 9.85. The molecule has 1 unspecified atom stereocenters. The predicted molar refractivity (Wildman–Crippen MR) is 58.0 cm³/mol. The summed E-state index contributed by atoms with van der Waals surface area (Å²) in [7, 11) is 1.81. The molecule has 0 fully saturated rings. The van der Waals surface area contributed by atoms with Crippen LogP contribution < -0.4 is 16.8 Å². The number of aliphatic imine (C=N–C) groups is 1. The summed E-state index contributed by atoms with van der Waals surface area (Å²) in [6, 6.07) is 0. The maximum absolute atomic E-state index is 11.4. The van der Waals surface area contributed by atoms with Gasteiger partial charge in [-0.1, -0.05) is 0 Å². The van der Waals surface area contributed by atoms with E-state index in [1.807, 2.05) is 20.9 Å². The number of ketones is 1. The van der Waals surface area contributed by atoms with Gasteiger partial charge in [-0.15, -0.1) is 0 Å². The van der Waals surface area contributed by atoms with Crippen molar-refractivity contribution in [1.29, 1.82) is 0 Å². The van der Waals surface area contributed by atoms with Gasteiger partial charge < -0.3 is 16.8 Å². The van der Waals surface area contributed by atoms with E-state index < -0.39 is 0 Å². The van der Waals surface area contributed by atoms with Crippen molar-refractivity contribution in [1.82, 2.24) is 5.32 Å². The van der Waals surface area contributed by atoms with Crippen LogP contribution in [0.1, 0.15) is 20.8 Å². The predicted octanol–water partition coefficient (Wildman–Crippen LogP) is -0.537. The van der Waals surface area contributed by atoms with Gasteiger partial charge in [0.1, 0.15) is 5.78 Å². The standard InChI is InChI=1S/C9H20N4O/c1-6(14)7(5-13-8(10)11)9(2,3)12-4/h7,12H,5H2,1-4H3,(H4,10,11,13). The summed E-state index contributed by atoms with van der Waals surface area (Å²) in [6.45, 7) is 5.76. The van der Waals surface area contributed by atoms with E-state index in [0.717, 1.165) is 0 Å². The van der Waals surface area contributed by atoms with E-state index in [0.29, 0.717) is 6.54 Å². The molecule has 5 nitrogen and oxygen atoms in total. The number of hydrogen-bond acceptors (Lipinski definition) is 3. The first kappa shape index (κ1) is 12.9. The molecule has 5 heteroatoms. The van der Waals surface area contributed by atoms with Crippen molar-refractivity contribution in [2.75, 3.05) is 13.6 Å². The summed E-state index contributed by atoms with van der Waals surface area (Å²) in [5.41, 5.74) is 10.1. The number of hydrogen-bond donors (Lipinski definition) is 3. The van der Waals surface area contributed by atoms with Gasteiger partial charge >= 0.3 is 0 Å². The Morgan fingerprint density at radius 1 is 1.50 bits per heavy atom. The SMILES string of the molecule is CNC(C)(C)C(CN=C(N)N)C(C)=O. The van der Waals surface area contributed by atoms with E-state index in [2.05, 4.69) is 10.3 Å². The minimum atomic E-state index is -0.301. The van der Waals surface area contributed by atoms with E-state index >= 15 is 0 Å². The average Bonchev–Trinajstić information content (AvgIpc) is 2.03. The summed E-state index contributed by atoms with van der Waals surface area (Å²) < 4.78 is 0. The smallest absolute Gasteiger partial charge is 0.185 e. The summed E-state index contributed by atoms with van der Waals surface area (Å²) in [5, 5.41) is 3.07. The Bertz CT molecular complexity index is 231. The molecule has 0 radical (unpaired) electrons. The third kappa shape index (κ3) is 3.74. The largest absolute Gasteiger partial charge is 0.370 e. The van der Waals surface area contributed by atoms with Crippen LogP contribution in [0, 0.1) is 5.92 Å². The molecule has 5 N–H and O–H groups in total. The van der Waals surface area contributed by atoms with Crippen LogP contribution in [0.5, 0.6) is 0 Å². The quantitative estimate of drug-likeness (QED) is 0.410. The van der Waals surface area contributed by atoms with Gasteiger partial charge in [0.15, 0.2) is 5.96 Å². The number of guanidine groups is 1. The van der Waals surface area contributed by atoms with E-state index in [1.165, 1.54) is 0 Å². The summed E-state index contributed by atoms with van der Waals surface area (Å²) in [6.07, 6.45) is 0. The van der Waals surface area contributed by atoms with Gasteiger partial charge in [-0.2, -0.15) is 0 Å². The molecular formula is C9H20N4O. The fourth-order valence-corrected chi connectivity index (χ4v) is 1.24. The van der Waals surface area contributed by atoms with E-state index in [1.54, 1.807) is 6.92 Å². The van der Waals surface area contributed by atoms with Crippen molar-refractivity contribution >= 4 is 11.7 Å². The highest BCUT2D eigenvalue weighted by atomic mass is 16.1. The molecule has 0 aromatic rings. The molecule has 0 amide bonds. The second-order valence-corrected chi connectivity index (χ2v) is 3.90. The molecule has 0 aliphatic carbocycles.